The molecule has 6 nitrogen and oxygen atoms in total. The van der Waals surface area contributed by atoms with E-state index >= 15 is 0 Å². The molecule has 0 N–H and O–H groups in total. The number of halogens is 2. The Morgan fingerprint density at radius 1 is 1.05 bits per heavy atom. The van der Waals surface area contributed by atoms with Gasteiger partial charge in [0, 0.05) is 30.1 Å². The lowest BCUT2D eigenvalue weighted by Crippen LogP contribution is -2.34. The van der Waals surface area contributed by atoms with E-state index in [1.807, 2.05) is 6.07 Å². The number of ether oxygens (including phenoxy) is 2. The Balaban J connectivity index is 0.000000194. The van der Waals surface area contributed by atoms with Gasteiger partial charge in [0.25, 0.3) is 0 Å². The lowest BCUT2D eigenvalue weighted by Gasteiger charge is -2.29. The molecule has 0 radical (unpaired) electrons. The van der Waals surface area contributed by atoms with Crippen molar-refractivity contribution < 1.29 is 9.47 Å². The fourth-order valence-corrected chi connectivity index (χ4v) is 6.32. The maximum Gasteiger partial charge on any atom is 0.198 e. The molecule has 8 heteroatoms. The van der Waals surface area contributed by atoms with Crippen LogP contribution in [0.2, 0.25) is 10.0 Å². The van der Waals surface area contributed by atoms with E-state index in [9.17, 15) is 0 Å². The zero-order valence-electron chi connectivity index (χ0n) is 26.0. The Bertz CT molecular complexity index is 1220. The van der Waals surface area contributed by atoms with Crippen LogP contribution in [-0.4, -0.2) is 52.0 Å². The Hall–Kier alpha value is -1.96. The summed E-state index contributed by atoms with van der Waals surface area (Å²) >= 11 is 12.4. The highest BCUT2D eigenvalue weighted by atomic mass is 35.5. The van der Waals surface area contributed by atoms with Crippen LogP contribution in [0.25, 0.3) is 0 Å². The average Bonchev–Trinajstić information content (AvgIpc) is 3.63. The minimum Gasteiger partial charge on any atom is -0.343 e. The van der Waals surface area contributed by atoms with Crippen LogP contribution in [0.15, 0.2) is 55.1 Å². The average molecular weight is 616 g/mol. The van der Waals surface area contributed by atoms with Crippen molar-refractivity contribution in [1.29, 1.82) is 0 Å². The second-order valence-electron chi connectivity index (χ2n) is 12.9. The highest BCUT2D eigenvalue weighted by Gasteiger charge is 2.43. The number of aryl methyl sites for hydroxylation is 1. The van der Waals surface area contributed by atoms with Crippen molar-refractivity contribution in [3.63, 3.8) is 0 Å². The van der Waals surface area contributed by atoms with Crippen molar-refractivity contribution >= 4 is 23.2 Å². The van der Waals surface area contributed by atoms with Crippen molar-refractivity contribution in [3.05, 3.63) is 81.9 Å². The molecule has 1 aromatic heterocycles. The molecule has 0 amide bonds. The summed E-state index contributed by atoms with van der Waals surface area (Å²) < 4.78 is 14.0. The number of hydrogen-bond acceptors (Lipinski definition) is 5. The molecular weight excluding hydrogens is 567 g/mol. The molecule has 3 atom stereocenters. The number of aromatic nitrogens is 3. The van der Waals surface area contributed by atoms with E-state index in [-0.39, 0.29) is 11.5 Å². The van der Waals surface area contributed by atoms with E-state index in [0.717, 1.165) is 17.9 Å². The Morgan fingerprint density at radius 2 is 1.79 bits per heavy atom. The molecule has 2 aromatic carbocycles. The molecule has 3 aromatic rings. The summed E-state index contributed by atoms with van der Waals surface area (Å²) in [6.07, 6.45) is 10.1. The standard InChI is InChI=1S/C19H31N.C15H17Cl2N3O2/c1-16(15-20-12-6-5-7-13-20)14-17-8-10-18(11-9-17)19(2,3)4;1-2-12-8-21-15(22-12,5-6-20-10-18-9-19-20)13-4-3-11(16)7-14(13)17/h8-11,16H,5-7,12-15H2,1-4H3;3-4,7,9-10,12H,2,5-6,8H2,1H3. The number of nitrogens with zero attached hydrogens (tertiary/aromatic N) is 4. The lowest BCUT2D eigenvalue weighted by atomic mass is 9.86. The Labute approximate surface area is 262 Å². The quantitative estimate of drug-likeness (QED) is 0.242. The van der Waals surface area contributed by atoms with Gasteiger partial charge < -0.3 is 14.4 Å². The predicted octanol–water partition coefficient (Wildman–Crippen LogP) is 8.30. The normalized spacial score (nSPS) is 22.0. The lowest BCUT2D eigenvalue weighted by molar-refractivity contribution is -0.184. The molecule has 2 saturated heterocycles. The van der Waals surface area contributed by atoms with Gasteiger partial charge in [-0.1, -0.05) is 94.6 Å². The number of hydrogen-bond donors (Lipinski definition) is 0. The molecule has 42 heavy (non-hydrogen) atoms. The Morgan fingerprint density at radius 3 is 2.38 bits per heavy atom. The van der Waals surface area contributed by atoms with Crippen molar-refractivity contribution in [2.45, 2.75) is 97.0 Å². The van der Waals surface area contributed by atoms with E-state index in [1.54, 1.807) is 23.1 Å². The van der Waals surface area contributed by atoms with E-state index in [4.69, 9.17) is 32.7 Å². The number of benzene rings is 2. The molecule has 3 heterocycles. The van der Waals surface area contributed by atoms with E-state index < -0.39 is 5.79 Å². The SMILES string of the molecule is CC(Cc1ccc(C(C)(C)C)cc1)CN1CCCCC1.CCC1COC(CCn2cncn2)(c2ccc(Cl)cc2Cl)O1. The van der Waals surface area contributed by atoms with E-state index in [0.29, 0.717) is 29.6 Å². The second-order valence-corrected chi connectivity index (χ2v) is 13.7. The highest BCUT2D eigenvalue weighted by Crippen LogP contribution is 2.42. The van der Waals surface area contributed by atoms with Crippen LogP contribution in [0.1, 0.15) is 83.4 Å². The first kappa shape index (κ1) is 32.9. The molecule has 0 saturated carbocycles. The maximum absolute atomic E-state index is 6.37. The topological polar surface area (TPSA) is 52.4 Å². The van der Waals surface area contributed by atoms with Gasteiger partial charge in [0.1, 0.15) is 12.7 Å². The molecule has 0 bridgehead atoms. The van der Waals surface area contributed by atoms with Gasteiger partial charge in [0.15, 0.2) is 5.79 Å². The van der Waals surface area contributed by atoms with Crippen molar-refractivity contribution in [2.24, 2.45) is 5.92 Å². The first-order valence-electron chi connectivity index (χ1n) is 15.5. The molecular formula is C34H48Cl2N4O2. The first-order chi connectivity index (χ1) is 20.1. The van der Waals surface area contributed by atoms with Gasteiger partial charge in [-0.3, -0.25) is 4.68 Å². The summed E-state index contributed by atoms with van der Waals surface area (Å²) in [5.74, 6) is -0.109. The Kier molecular flexibility index (Phi) is 11.9. The first-order valence-corrected chi connectivity index (χ1v) is 16.2. The summed E-state index contributed by atoms with van der Waals surface area (Å²) in [5.41, 5.74) is 3.99. The highest BCUT2D eigenvalue weighted by molar-refractivity contribution is 6.35. The second kappa shape index (κ2) is 15.2. The van der Waals surface area contributed by atoms with Crippen LogP contribution >= 0.6 is 23.2 Å². The minimum atomic E-state index is -0.867. The van der Waals surface area contributed by atoms with Crippen molar-refractivity contribution in [2.75, 3.05) is 26.2 Å². The number of piperidine rings is 1. The predicted molar refractivity (Wildman–Crippen MR) is 172 cm³/mol. The number of likely N-dealkylation sites (tertiary alicyclic amines) is 1. The van der Waals surface area contributed by atoms with Crippen molar-refractivity contribution in [1.82, 2.24) is 19.7 Å². The van der Waals surface area contributed by atoms with Crippen LogP contribution in [0.4, 0.5) is 0 Å². The van der Waals surface area contributed by atoms with Crippen LogP contribution in [0.5, 0.6) is 0 Å². The van der Waals surface area contributed by atoms with Gasteiger partial charge in [-0.05, 0) is 73.4 Å². The molecule has 3 unspecified atom stereocenters. The smallest absolute Gasteiger partial charge is 0.198 e. The van der Waals surface area contributed by atoms with Gasteiger partial charge >= 0.3 is 0 Å². The van der Waals surface area contributed by atoms with Gasteiger partial charge in [-0.15, -0.1) is 0 Å². The fraction of sp³-hybridized carbons (Fsp3) is 0.588. The molecule has 0 spiro atoms. The monoisotopic (exact) mass is 614 g/mol. The van der Waals surface area contributed by atoms with Gasteiger partial charge in [0.2, 0.25) is 0 Å². The molecule has 0 aliphatic carbocycles. The zero-order valence-corrected chi connectivity index (χ0v) is 27.5. The molecule has 2 aliphatic rings. The molecule has 2 fully saturated rings. The minimum absolute atomic E-state index is 0.0579. The van der Waals surface area contributed by atoms with Crippen LogP contribution in [-0.2, 0) is 33.6 Å². The fourth-order valence-electron chi connectivity index (χ4n) is 5.77. The number of rotatable bonds is 9. The van der Waals surface area contributed by atoms with Crippen molar-refractivity contribution in [3.8, 4) is 0 Å². The third kappa shape index (κ3) is 9.27. The van der Waals surface area contributed by atoms with E-state index in [1.165, 1.54) is 62.8 Å². The van der Waals surface area contributed by atoms with Gasteiger partial charge in [-0.25, -0.2) is 4.98 Å². The summed E-state index contributed by atoms with van der Waals surface area (Å²) in [4.78, 5) is 6.60. The molecule has 230 valence electrons. The maximum atomic E-state index is 6.37. The summed E-state index contributed by atoms with van der Waals surface area (Å²) in [5, 5.41) is 5.25. The van der Waals surface area contributed by atoms with Crippen LogP contribution in [0, 0.1) is 5.92 Å². The summed E-state index contributed by atoms with van der Waals surface area (Å²) in [6, 6.07) is 14.6. The van der Waals surface area contributed by atoms with Crippen LogP contribution in [0.3, 0.4) is 0 Å². The largest absolute Gasteiger partial charge is 0.343 e. The molecule has 2 aliphatic heterocycles. The third-order valence-corrected chi connectivity index (χ3v) is 8.76. The molecule has 5 rings (SSSR count). The third-order valence-electron chi connectivity index (χ3n) is 8.22. The summed E-state index contributed by atoms with van der Waals surface area (Å²) in [7, 11) is 0. The summed E-state index contributed by atoms with van der Waals surface area (Å²) in [6.45, 7) is 16.4. The zero-order chi connectivity index (χ0) is 30.2. The van der Waals surface area contributed by atoms with Gasteiger partial charge in [0.05, 0.1) is 17.7 Å². The van der Waals surface area contributed by atoms with Crippen LogP contribution < -0.4 is 0 Å². The van der Waals surface area contributed by atoms with E-state index in [2.05, 4.69) is 73.9 Å². The van der Waals surface area contributed by atoms with Gasteiger partial charge in [-0.2, -0.15) is 5.10 Å².